The summed E-state index contributed by atoms with van der Waals surface area (Å²) in [6, 6.07) is 7.23. The molecule has 0 spiro atoms. The van der Waals surface area contributed by atoms with E-state index in [9.17, 15) is 29.4 Å². The fraction of sp³-hybridized carbons (Fsp3) is 0.286. The second kappa shape index (κ2) is 9.46. The Morgan fingerprint density at radius 2 is 1.81 bits per heavy atom. The molecule has 0 amide bonds. The first kappa shape index (κ1) is 24.3. The molecule has 0 aliphatic heterocycles. The minimum Gasteiger partial charge on any atom is -0.493 e. The minimum atomic E-state index is -1.15. The Hall–Kier alpha value is -4.79. The van der Waals surface area contributed by atoms with Gasteiger partial charge in [0, 0.05) is 14.1 Å². The molecule has 3 heterocycles. The molecule has 0 fully saturated rings. The van der Waals surface area contributed by atoms with E-state index in [1.54, 1.807) is 12.1 Å². The number of rotatable bonds is 7. The highest BCUT2D eigenvalue weighted by molar-refractivity contribution is 5.73. The number of nitrogens with zero attached hydrogens (tertiary/aromatic N) is 6. The molecule has 0 aliphatic rings. The highest BCUT2D eigenvalue weighted by Gasteiger charge is 2.22. The first-order chi connectivity index (χ1) is 17.1. The van der Waals surface area contributed by atoms with Gasteiger partial charge in [0.15, 0.2) is 11.2 Å². The van der Waals surface area contributed by atoms with Gasteiger partial charge in [0.1, 0.15) is 18.5 Å². The zero-order valence-corrected chi connectivity index (χ0v) is 19.4. The van der Waals surface area contributed by atoms with Gasteiger partial charge >= 0.3 is 11.4 Å². The molecule has 0 radical (unpaired) electrons. The van der Waals surface area contributed by atoms with Crippen LogP contribution in [-0.4, -0.2) is 51.6 Å². The normalized spacial score (nSPS) is 12.4. The summed E-state index contributed by atoms with van der Waals surface area (Å²) in [5.41, 5.74) is -3.14. The second-order valence-electron chi connectivity index (χ2n) is 7.94. The van der Waals surface area contributed by atoms with Gasteiger partial charge in [-0.05, 0) is 18.6 Å². The van der Waals surface area contributed by atoms with E-state index in [1.807, 2.05) is 29.0 Å². The maximum atomic E-state index is 12.9. The van der Waals surface area contributed by atoms with Gasteiger partial charge in [0.05, 0.1) is 6.54 Å². The van der Waals surface area contributed by atoms with Crippen molar-refractivity contribution in [2.75, 3.05) is 6.61 Å². The molecule has 0 saturated heterocycles. The number of aromatic amines is 2. The zero-order chi connectivity index (χ0) is 26.1. The molecule has 1 unspecified atom stereocenters. The fourth-order valence-corrected chi connectivity index (χ4v) is 3.51. The number of para-hydroxylation sites is 1. The van der Waals surface area contributed by atoms with Gasteiger partial charge < -0.3 is 14.9 Å². The Kier molecular flexibility index (Phi) is 6.39. The smallest absolute Gasteiger partial charge is 0.332 e. The Morgan fingerprint density at radius 3 is 2.50 bits per heavy atom. The largest absolute Gasteiger partial charge is 0.493 e. The van der Waals surface area contributed by atoms with Crippen molar-refractivity contribution in [2.24, 2.45) is 24.3 Å². The van der Waals surface area contributed by atoms with Gasteiger partial charge in [-0.25, -0.2) is 9.59 Å². The van der Waals surface area contributed by atoms with Crippen molar-refractivity contribution < 1.29 is 14.9 Å². The topological polar surface area (TPSA) is 202 Å². The first-order valence-electron chi connectivity index (χ1n) is 10.6. The van der Waals surface area contributed by atoms with Crippen LogP contribution in [0.15, 0.2) is 53.7 Å². The van der Waals surface area contributed by atoms with Crippen LogP contribution in [0.5, 0.6) is 11.6 Å². The number of hydrogen-bond acceptors (Lipinski definition) is 10. The quantitative estimate of drug-likeness (QED) is 0.248. The summed E-state index contributed by atoms with van der Waals surface area (Å²) in [4.78, 5) is 56.6. The standard InChI is InChI=1S/C21H22N8O7/c1-10-6-4-5-7-12(10)36-9-11(30)8-29-14-15(27(2)21(35)28(3)18(14)33)22-19(29)26-25-13-16(31)23-20(34)24-17(13)32/h4-7,11,30H,8-9H2,1-3H3,(H3,23,24,31,32,34). The van der Waals surface area contributed by atoms with E-state index in [0.717, 1.165) is 14.7 Å². The molecule has 1 aromatic carbocycles. The van der Waals surface area contributed by atoms with Crippen molar-refractivity contribution >= 4 is 22.8 Å². The highest BCUT2D eigenvalue weighted by atomic mass is 16.5. The Balaban J connectivity index is 1.78. The summed E-state index contributed by atoms with van der Waals surface area (Å²) in [5.74, 6) is -0.508. The number of hydrogen-bond donors (Lipinski definition) is 4. The van der Waals surface area contributed by atoms with Gasteiger partial charge in [0.2, 0.25) is 11.6 Å². The van der Waals surface area contributed by atoms with E-state index >= 15 is 0 Å². The lowest BCUT2D eigenvalue weighted by molar-refractivity contribution is 0.0934. The molecule has 188 valence electrons. The van der Waals surface area contributed by atoms with Crippen LogP contribution < -0.4 is 27.2 Å². The van der Waals surface area contributed by atoms with Gasteiger partial charge in [0.25, 0.3) is 17.1 Å². The van der Waals surface area contributed by atoms with Crippen LogP contribution in [0, 0.1) is 6.92 Å². The maximum absolute atomic E-state index is 12.9. The molecule has 0 bridgehead atoms. The number of aliphatic hydroxyl groups is 1. The van der Waals surface area contributed by atoms with E-state index in [0.29, 0.717) is 5.75 Å². The number of aryl methyl sites for hydroxylation is 2. The van der Waals surface area contributed by atoms with Crippen LogP contribution in [0.2, 0.25) is 0 Å². The summed E-state index contributed by atoms with van der Waals surface area (Å²) in [6.07, 6.45) is -1.15. The average molecular weight is 498 g/mol. The van der Waals surface area contributed by atoms with Crippen LogP contribution in [0.1, 0.15) is 5.56 Å². The van der Waals surface area contributed by atoms with Crippen LogP contribution >= 0.6 is 0 Å². The molecule has 0 saturated carbocycles. The molecule has 3 aromatic heterocycles. The lowest BCUT2D eigenvalue weighted by atomic mass is 10.2. The van der Waals surface area contributed by atoms with Gasteiger partial charge in [-0.15, -0.1) is 10.2 Å². The van der Waals surface area contributed by atoms with Crippen molar-refractivity contribution in [1.82, 2.24) is 28.7 Å². The van der Waals surface area contributed by atoms with E-state index in [2.05, 4.69) is 15.2 Å². The number of aliphatic hydroxyl groups excluding tert-OH is 1. The summed E-state index contributed by atoms with van der Waals surface area (Å²) >= 11 is 0. The minimum absolute atomic E-state index is 0.0383. The number of imidazole rings is 1. The van der Waals surface area contributed by atoms with Crippen molar-refractivity contribution in [1.29, 1.82) is 0 Å². The van der Waals surface area contributed by atoms with Gasteiger partial charge in [-0.1, -0.05) is 18.2 Å². The molecule has 1 atom stereocenters. The molecule has 4 aromatic rings. The third kappa shape index (κ3) is 4.46. The first-order valence-corrected chi connectivity index (χ1v) is 10.6. The monoisotopic (exact) mass is 498 g/mol. The number of aromatic hydroxyl groups is 1. The summed E-state index contributed by atoms with van der Waals surface area (Å²) in [6.45, 7) is 1.47. The average Bonchev–Trinajstić information content (AvgIpc) is 3.18. The lowest BCUT2D eigenvalue weighted by Gasteiger charge is -2.15. The Labute approximate surface area is 200 Å². The molecule has 36 heavy (non-hydrogen) atoms. The molecular weight excluding hydrogens is 476 g/mol. The van der Waals surface area contributed by atoms with Crippen LogP contribution in [0.25, 0.3) is 11.2 Å². The van der Waals surface area contributed by atoms with Crippen LogP contribution in [-0.2, 0) is 20.6 Å². The van der Waals surface area contributed by atoms with Crippen molar-refractivity contribution in [3.05, 3.63) is 71.5 Å². The second-order valence-corrected chi connectivity index (χ2v) is 7.94. The van der Waals surface area contributed by atoms with Crippen molar-refractivity contribution in [2.45, 2.75) is 19.6 Å². The van der Waals surface area contributed by atoms with Crippen LogP contribution in [0.3, 0.4) is 0 Å². The molecule has 15 nitrogen and oxygen atoms in total. The van der Waals surface area contributed by atoms with Gasteiger partial charge in [-0.3, -0.25) is 33.3 Å². The van der Waals surface area contributed by atoms with E-state index in [1.165, 1.54) is 18.7 Å². The highest BCUT2D eigenvalue weighted by Crippen LogP contribution is 2.23. The number of nitrogens with one attached hydrogen (secondary N) is 2. The van der Waals surface area contributed by atoms with E-state index in [4.69, 9.17) is 4.74 Å². The van der Waals surface area contributed by atoms with Crippen molar-refractivity contribution in [3.8, 4) is 11.6 Å². The third-order valence-electron chi connectivity index (χ3n) is 5.38. The van der Waals surface area contributed by atoms with Crippen LogP contribution in [0.4, 0.5) is 11.6 Å². The summed E-state index contributed by atoms with van der Waals surface area (Å²) in [7, 11) is 2.69. The number of azo groups is 1. The fourth-order valence-electron chi connectivity index (χ4n) is 3.51. The summed E-state index contributed by atoms with van der Waals surface area (Å²) < 4.78 is 8.89. The van der Waals surface area contributed by atoms with E-state index < -0.39 is 40.2 Å². The van der Waals surface area contributed by atoms with E-state index in [-0.39, 0.29) is 30.3 Å². The predicted octanol–water partition coefficient (Wildman–Crippen LogP) is -0.320. The Bertz CT molecular complexity index is 1720. The Morgan fingerprint density at radius 1 is 1.08 bits per heavy atom. The zero-order valence-electron chi connectivity index (χ0n) is 19.4. The van der Waals surface area contributed by atoms with Crippen molar-refractivity contribution in [3.63, 3.8) is 0 Å². The molecule has 4 rings (SSSR count). The maximum Gasteiger partial charge on any atom is 0.332 e. The lowest BCUT2D eigenvalue weighted by Crippen LogP contribution is -2.38. The number of benzene rings is 1. The van der Waals surface area contributed by atoms with Gasteiger partial charge in [-0.2, -0.15) is 4.98 Å². The third-order valence-corrected chi connectivity index (χ3v) is 5.38. The number of ether oxygens (including phenoxy) is 1. The number of fused-ring (bicyclic) bond motifs is 1. The molecular formula is C21H22N8O7. The molecule has 4 N–H and O–H groups in total. The SMILES string of the molecule is Cc1ccccc1OCC(O)Cn1c(N=Nc2c(O)[nH]c(=O)[nH]c2=O)nc2c1c(=O)n(C)c(=O)n2C. The molecule has 15 heteroatoms. The number of H-pyrrole nitrogens is 2. The number of aromatic nitrogens is 6. The molecule has 0 aliphatic carbocycles. The summed E-state index contributed by atoms with van der Waals surface area (Å²) in [5, 5.41) is 28.1. The predicted molar refractivity (Wildman–Crippen MR) is 126 cm³/mol.